The SMILES string of the molecule is CN1C(=O)C[C@@H](CN=C(N)N)[C@@H]1c1cnn(Cc2ccccc2)c1. The topological polar surface area (TPSA) is 103 Å². The zero-order valence-electron chi connectivity index (χ0n) is 13.7. The summed E-state index contributed by atoms with van der Waals surface area (Å²) in [6.07, 6.45) is 4.27. The number of rotatable bonds is 5. The van der Waals surface area contributed by atoms with Crippen LogP contribution in [-0.2, 0) is 11.3 Å². The van der Waals surface area contributed by atoms with E-state index in [4.69, 9.17) is 11.5 Å². The van der Waals surface area contributed by atoms with Crippen molar-refractivity contribution < 1.29 is 4.79 Å². The Balaban J connectivity index is 1.78. The van der Waals surface area contributed by atoms with Crippen LogP contribution in [0.3, 0.4) is 0 Å². The quantitative estimate of drug-likeness (QED) is 0.624. The van der Waals surface area contributed by atoms with Gasteiger partial charge in [0.15, 0.2) is 5.96 Å². The molecule has 0 aliphatic carbocycles. The number of likely N-dealkylation sites (tertiary alicyclic amines) is 1. The molecule has 1 aliphatic heterocycles. The molecular formula is C17H22N6O. The van der Waals surface area contributed by atoms with E-state index in [1.54, 1.807) is 4.90 Å². The second-order valence-corrected chi connectivity index (χ2v) is 6.14. The van der Waals surface area contributed by atoms with E-state index in [-0.39, 0.29) is 23.8 Å². The van der Waals surface area contributed by atoms with Gasteiger partial charge in [-0.15, -0.1) is 0 Å². The number of aliphatic imine (C=N–C) groups is 1. The molecule has 1 aromatic carbocycles. The number of nitrogens with two attached hydrogens (primary N) is 2. The Labute approximate surface area is 141 Å². The minimum absolute atomic E-state index is 0.0508. The molecule has 1 aromatic heterocycles. The predicted molar refractivity (Wildman–Crippen MR) is 92.1 cm³/mol. The molecule has 126 valence electrons. The average Bonchev–Trinajstić information content (AvgIpc) is 3.11. The first-order valence-corrected chi connectivity index (χ1v) is 7.92. The lowest BCUT2D eigenvalue weighted by atomic mass is 9.96. The van der Waals surface area contributed by atoms with Gasteiger partial charge < -0.3 is 16.4 Å². The van der Waals surface area contributed by atoms with E-state index in [1.807, 2.05) is 42.3 Å². The molecule has 3 rings (SSSR count). The second-order valence-electron chi connectivity index (χ2n) is 6.14. The highest BCUT2D eigenvalue weighted by atomic mass is 16.2. The van der Waals surface area contributed by atoms with E-state index in [2.05, 4.69) is 22.2 Å². The lowest BCUT2D eigenvalue weighted by molar-refractivity contribution is -0.127. The van der Waals surface area contributed by atoms with Crippen LogP contribution in [-0.4, -0.2) is 40.1 Å². The van der Waals surface area contributed by atoms with Crippen LogP contribution >= 0.6 is 0 Å². The summed E-state index contributed by atoms with van der Waals surface area (Å²) in [6, 6.07) is 10.1. The summed E-state index contributed by atoms with van der Waals surface area (Å²) in [5, 5.41) is 4.44. The van der Waals surface area contributed by atoms with Crippen molar-refractivity contribution in [3.8, 4) is 0 Å². The van der Waals surface area contributed by atoms with Crippen molar-refractivity contribution in [3.63, 3.8) is 0 Å². The average molecular weight is 326 g/mol. The Hall–Kier alpha value is -2.83. The van der Waals surface area contributed by atoms with Crippen molar-refractivity contribution >= 4 is 11.9 Å². The summed E-state index contributed by atoms with van der Waals surface area (Å²) in [5.74, 6) is 0.209. The molecule has 7 heteroatoms. The van der Waals surface area contributed by atoms with Crippen LogP contribution in [0.2, 0.25) is 0 Å². The summed E-state index contributed by atoms with van der Waals surface area (Å²) in [4.78, 5) is 18.0. The maximum absolute atomic E-state index is 12.1. The van der Waals surface area contributed by atoms with Crippen molar-refractivity contribution in [2.24, 2.45) is 22.4 Å². The van der Waals surface area contributed by atoms with Gasteiger partial charge in [0.1, 0.15) is 0 Å². The van der Waals surface area contributed by atoms with E-state index in [0.29, 0.717) is 19.5 Å². The molecule has 0 saturated carbocycles. The van der Waals surface area contributed by atoms with Gasteiger partial charge in [0.25, 0.3) is 0 Å². The first-order valence-electron chi connectivity index (χ1n) is 7.92. The molecule has 1 fully saturated rings. The van der Waals surface area contributed by atoms with E-state index in [9.17, 15) is 4.79 Å². The van der Waals surface area contributed by atoms with E-state index in [0.717, 1.165) is 5.56 Å². The van der Waals surface area contributed by atoms with Gasteiger partial charge in [-0.2, -0.15) is 5.10 Å². The smallest absolute Gasteiger partial charge is 0.223 e. The van der Waals surface area contributed by atoms with Gasteiger partial charge in [0.2, 0.25) is 5.91 Å². The van der Waals surface area contributed by atoms with Crippen LogP contribution in [0, 0.1) is 5.92 Å². The zero-order valence-corrected chi connectivity index (χ0v) is 13.7. The lowest BCUT2D eigenvalue weighted by Crippen LogP contribution is -2.27. The first kappa shape index (κ1) is 16.0. The number of aromatic nitrogens is 2. The molecule has 2 atom stereocenters. The summed E-state index contributed by atoms with van der Waals surface area (Å²) >= 11 is 0. The van der Waals surface area contributed by atoms with Crippen molar-refractivity contribution in [3.05, 3.63) is 53.9 Å². The molecule has 0 spiro atoms. The van der Waals surface area contributed by atoms with E-state index in [1.165, 1.54) is 5.56 Å². The molecular weight excluding hydrogens is 304 g/mol. The fraction of sp³-hybridized carbons (Fsp3) is 0.353. The minimum Gasteiger partial charge on any atom is -0.370 e. The monoisotopic (exact) mass is 326 g/mol. The Morgan fingerprint density at radius 2 is 2.08 bits per heavy atom. The fourth-order valence-electron chi connectivity index (χ4n) is 3.22. The third-order valence-corrected chi connectivity index (χ3v) is 4.38. The second kappa shape index (κ2) is 6.74. The Morgan fingerprint density at radius 1 is 1.33 bits per heavy atom. The summed E-state index contributed by atoms with van der Waals surface area (Å²) < 4.78 is 1.89. The maximum Gasteiger partial charge on any atom is 0.223 e. The van der Waals surface area contributed by atoms with Gasteiger partial charge in [0, 0.05) is 37.7 Å². The van der Waals surface area contributed by atoms with Crippen molar-refractivity contribution in [1.82, 2.24) is 14.7 Å². The Kier molecular flexibility index (Phi) is 4.50. The van der Waals surface area contributed by atoms with Crippen LogP contribution in [0.1, 0.15) is 23.6 Å². The number of hydrogen-bond acceptors (Lipinski definition) is 3. The van der Waals surface area contributed by atoms with Gasteiger partial charge in [-0.3, -0.25) is 14.5 Å². The third kappa shape index (κ3) is 3.40. The summed E-state index contributed by atoms with van der Waals surface area (Å²) in [7, 11) is 1.82. The molecule has 0 radical (unpaired) electrons. The number of guanidine groups is 1. The molecule has 0 unspecified atom stereocenters. The van der Waals surface area contributed by atoms with Crippen LogP contribution in [0.4, 0.5) is 0 Å². The van der Waals surface area contributed by atoms with Gasteiger partial charge >= 0.3 is 0 Å². The first-order chi connectivity index (χ1) is 11.5. The van der Waals surface area contributed by atoms with E-state index >= 15 is 0 Å². The number of carbonyl (C=O) groups excluding carboxylic acids is 1. The molecule has 4 N–H and O–H groups in total. The zero-order chi connectivity index (χ0) is 17.1. The van der Waals surface area contributed by atoms with Gasteiger partial charge in [-0.25, -0.2) is 0 Å². The van der Waals surface area contributed by atoms with Crippen molar-refractivity contribution in [2.75, 3.05) is 13.6 Å². The Morgan fingerprint density at radius 3 is 2.79 bits per heavy atom. The standard InChI is InChI=1S/C17H22N6O/c1-22-15(24)7-13(8-20-17(18)19)16(22)14-9-21-23(11-14)10-12-5-3-2-4-6-12/h2-6,9,11,13,16H,7-8,10H2,1H3,(H4,18,19,20)/t13-,16+/m0/s1. The fourth-order valence-corrected chi connectivity index (χ4v) is 3.22. The van der Waals surface area contributed by atoms with Gasteiger partial charge in [-0.05, 0) is 5.56 Å². The molecule has 2 heterocycles. The molecule has 7 nitrogen and oxygen atoms in total. The van der Waals surface area contributed by atoms with Crippen molar-refractivity contribution in [1.29, 1.82) is 0 Å². The van der Waals surface area contributed by atoms with E-state index < -0.39 is 0 Å². The number of amides is 1. The predicted octanol–water partition coefficient (Wildman–Crippen LogP) is 0.724. The van der Waals surface area contributed by atoms with Gasteiger partial charge in [-0.1, -0.05) is 30.3 Å². The third-order valence-electron chi connectivity index (χ3n) is 4.38. The van der Waals surface area contributed by atoms with Crippen molar-refractivity contribution in [2.45, 2.75) is 19.0 Å². The number of benzene rings is 1. The molecule has 24 heavy (non-hydrogen) atoms. The lowest BCUT2D eigenvalue weighted by Gasteiger charge is -2.22. The number of hydrogen-bond donors (Lipinski definition) is 2. The Bertz CT molecular complexity index is 735. The number of nitrogens with zero attached hydrogens (tertiary/aromatic N) is 4. The van der Waals surface area contributed by atoms with Crippen LogP contribution in [0.15, 0.2) is 47.7 Å². The highest BCUT2D eigenvalue weighted by molar-refractivity contribution is 5.79. The summed E-state index contributed by atoms with van der Waals surface area (Å²) in [5.41, 5.74) is 13.0. The van der Waals surface area contributed by atoms with Crippen LogP contribution in [0.5, 0.6) is 0 Å². The van der Waals surface area contributed by atoms with Crippen LogP contribution < -0.4 is 11.5 Å². The van der Waals surface area contributed by atoms with Crippen LogP contribution in [0.25, 0.3) is 0 Å². The largest absolute Gasteiger partial charge is 0.370 e. The normalized spacial score (nSPS) is 20.4. The molecule has 1 saturated heterocycles. The molecule has 1 aliphatic rings. The highest BCUT2D eigenvalue weighted by Crippen LogP contribution is 2.36. The molecule has 0 bridgehead atoms. The molecule has 2 aromatic rings. The molecule has 1 amide bonds. The minimum atomic E-state index is -0.0508. The maximum atomic E-state index is 12.1. The highest BCUT2D eigenvalue weighted by Gasteiger charge is 2.38. The van der Waals surface area contributed by atoms with Gasteiger partial charge in [0.05, 0.1) is 18.8 Å². The summed E-state index contributed by atoms with van der Waals surface area (Å²) in [6.45, 7) is 1.14. The number of carbonyl (C=O) groups is 1.